The topological polar surface area (TPSA) is 41.1 Å². The zero-order valence-electron chi connectivity index (χ0n) is 12.1. The van der Waals surface area contributed by atoms with E-state index in [1.54, 1.807) is 37.4 Å². The third-order valence-electron chi connectivity index (χ3n) is 3.23. The molecule has 0 aliphatic rings. The Morgan fingerprint density at radius 2 is 1.78 bits per heavy atom. The first kappa shape index (κ1) is 17.3. The van der Waals surface area contributed by atoms with E-state index in [4.69, 9.17) is 11.6 Å². The molecule has 0 aromatic heterocycles. The van der Waals surface area contributed by atoms with Crippen LogP contribution in [-0.4, -0.2) is 13.0 Å². The van der Waals surface area contributed by atoms with Crippen molar-refractivity contribution < 1.29 is 18.0 Å². The minimum Gasteiger partial charge on any atom is -0.324 e. The zero-order valence-corrected chi connectivity index (χ0v) is 12.9. The second-order valence-electron chi connectivity index (χ2n) is 4.81. The second-order valence-corrected chi connectivity index (χ2v) is 5.25. The summed E-state index contributed by atoms with van der Waals surface area (Å²) in [6, 6.07) is 11.2. The average molecular weight is 343 g/mol. The largest absolute Gasteiger partial charge is 0.418 e. The Morgan fingerprint density at radius 3 is 2.35 bits per heavy atom. The SMILES string of the molecule is CN[C@H](C(=O)Nc1ccc(Cl)cc1C(F)(F)F)c1ccccc1. The molecule has 0 radical (unpaired) electrons. The molecule has 2 aromatic carbocycles. The summed E-state index contributed by atoms with van der Waals surface area (Å²) in [5.74, 6) is -0.591. The summed E-state index contributed by atoms with van der Waals surface area (Å²) in [5.41, 5.74) is -0.667. The Bertz CT molecular complexity index is 689. The maximum absolute atomic E-state index is 13.1. The third kappa shape index (κ3) is 4.24. The summed E-state index contributed by atoms with van der Waals surface area (Å²) in [6.45, 7) is 0. The summed E-state index contributed by atoms with van der Waals surface area (Å²) in [7, 11) is 1.56. The van der Waals surface area contributed by atoms with E-state index in [2.05, 4.69) is 10.6 Å². The lowest BCUT2D eigenvalue weighted by molar-refractivity contribution is -0.137. The molecule has 1 amide bonds. The fourth-order valence-electron chi connectivity index (χ4n) is 2.16. The molecule has 0 aliphatic carbocycles. The standard InChI is InChI=1S/C16H14ClF3N2O/c1-21-14(10-5-3-2-4-6-10)15(23)22-13-8-7-11(17)9-12(13)16(18,19)20/h2-9,14,21H,1H3,(H,22,23)/t14-/m0/s1. The molecular weight excluding hydrogens is 329 g/mol. The lowest BCUT2D eigenvalue weighted by atomic mass is 10.1. The predicted octanol–water partition coefficient (Wildman–Crippen LogP) is 4.26. The summed E-state index contributed by atoms with van der Waals surface area (Å²) in [4.78, 5) is 12.3. The van der Waals surface area contributed by atoms with Crippen LogP contribution in [0, 0.1) is 0 Å². The predicted molar refractivity (Wildman–Crippen MR) is 83.3 cm³/mol. The van der Waals surface area contributed by atoms with Gasteiger partial charge in [0.2, 0.25) is 5.91 Å². The first-order valence-corrected chi connectivity index (χ1v) is 7.10. The van der Waals surface area contributed by atoms with Crippen molar-refractivity contribution in [2.24, 2.45) is 0 Å². The molecule has 0 aliphatic heterocycles. The smallest absolute Gasteiger partial charge is 0.324 e. The van der Waals surface area contributed by atoms with E-state index in [0.29, 0.717) is 5.56 Å². The van der Waals surface area contributed by atoms with Gasteiger partial charge in [-0.15, -0.1) is 0 Å². The van der Waals surface area contributed by atoms with Gasteiger partial charge in [0.15, 0.2) is 0 Å². The van der Waals surface area contributed by atoms with Crippen molar-refractivity contribution in [1.29, 1.82) is 0 Å². The van der Waals surface area contributed by atoms with E-state index in [9.17, 15) is 18.0 Å². The van der Waals surface area contributed by atoms with Gasteiger partial charge in [0, 0.05) is 5.02 Å². The fraction of sp³-hybridized carbons (Fsp3) is 0.188. The summed E-state index contributed by atoms with van der Waals surface area (Å²) < 4.78 is 39.2. The first-order valence-electron chi connectivity index (χ1n) is 6.72. The molecule has 0 bridgehead atoms. The Balaban J connectivity index is 2.30. The van der Waals surface area contributed by atoms with Crippen LogP contribution in [-0.2, 0) is 11.0 Å². The van der Waals surface area contributed by atoms with E-state index in [0.717, 1.165) is 12.1 Å². The number of hydrogen-bond donors (Lipinski definition) is 2. The highest BCUT2D eigenvalue weighted by Crippen LogP contribution is 2.36. The molecule has 1 atom stereocenters. The molecule has 0 unspecified atom stereocenters. The van der Waals surface area contributed by atoms with E-state index in [1.807, 2.05) is 0 Å². The Hall–Kier alpha value is -2.05. The Morgan fingerprint density at radius 1 is 1.13 bits per heavy atom. The van der Waals surface area contributed by atoms with Crippen LogP contribution >= 0.6 is 11.6 Å². The molecule has 7 heteroatoms. The number of alkyl halides is 3. The normalized spacial score (nSPS) is 12.7. The Labute approximate surface area is 136 Å². The minimum atomic E-state index is -4.62. The van der Waals surface area contributed by atoms with Gasteiger partial charge in [-0.3, -0.25) is 4.79 Å². The highest BCUT2D eigenvalue weighted by atomic mass is 35.5. The van der Waals surface area contributed by atoms with Crippen molar-refractivity contribution in [3.8, 4) is 0 Å². The van der Waals surface area contributed by atoms with Crippen molar-refractivity contribution in [2.45, 2.75) is 12.2 Å². The highest BCUT2D eigenvalue weighted by Gasteiger charge is 2.34. The van der Waals surface area contributed by atoms with Gasteiger partial charge < -0.3 is 10.6 Å². The van der Waals surface area contributed by atoms with Crippen LogP contribution in [0.25, 0.3) is 0 Å². The van der Waals surface area contributed by atoms with Crippen LogP contribution in [0.2, 0.25) is 5.02 Å². The van der Waals surface area contributed by atoms with Gasteiger partial charge in [-0.25, -0.2) is 0 Å². The number of hydrogen-bond acceptors (Lipinski definition) is 2. The van der Waals surface area contributed by atoms with Crippen molar-refractivity contribution >= 4 is 23.2 Å². The fourth-order valence-corrected chi connectivity index (χ4v) is 2.33. The number of rotatable bonds is 4. The number of carbonyl (C=O) groups is 1. The van der Waals surface area contributed by atoms with Crippen molar-refractivity contribution in [3.05, 3.63) is 64.7 Å². The maximum atomic E-state index is 13.1. The molecule has 0 saturated heterocycles. The number of amides is 1. The summed E-state index contributed by atoms with van der Waals surface area (Å²) in [5, 5.41) is 5.05. The molecule has 122 valence electrons. The van der Waals surface area contributed by atoms with E-state index in [1.165, 1.54) is 6.07 Å². The van der Waals surface area contributed by atoms with Gasteiger partial charge >= 0.3 is 6.18 Å². The monoisotopic (exact) mass is 342 g/mol. The average Bonchev–Trinajstić information content (AvgIpc) is 2.50. The molecule has 0 spiro atoms. The van der Waals surface area contributed by atoms with Crippen molar-refractivity contribution in [2.75, 3.05) is 12.4 Å². The lowest BCUT2D eigenvalue weighted by Gasteiger charge is -2.19. The quantitative estimate of drug-likeness (QED) is 0.871. The van der Waals surface area contributed by atoms with Gasteiger partial charge in [-0.1, -0.05) is 41.9 Å². The van der Waals surface area contributed by atoms with Crippen LogP contribution in [0.4, 0.5) is 18.9 Å². The molecule has 0 fully saturated rings. The minimum absolute atomic E-state index is 0.0523. The highest BCUT2D eigenvalue weighted by molar-refractivity contribution is 6.30. The van der Waals surface area contributed by atoms with Crippen LogP contribution in [0.15, 0.2) is 48.5 Å². The van der Waals surface area contributed by atoms with Gasteiger partial charge in [0.05, 0.1) is 11.3 Å². The van der Waals surface area contributed by atoms with Crippen molar-refractivity contribution in [1.82, 2.24) is 5.32 Å². The van der Waals surface area contributed by atoms with Gasteiger partial charge in [0.1, 0.15) is 6.04 Å². The second kappa shape index (κ2) is 7.02. The number of likely N-dealkylation sites (N-methyl/N-ethyl adjacent to an activating group) is 1. The molecule has 2 N–H and O–H groups in total. The van der Waals surface area contributed by atoms with E-state index in [-0.39, 0.29) is 10.7 Å². The molecule has 0 saturated carbocycles. The van der Waals surface area contributed by atoms with Crippen LogP contribution in [0.1, 0.15) is 17.2 Å². The number of nitrogens with one attached hydrogen (secondary N) is 2. The third-order valence-corrected chi connectivity index (χ3v) is 3.46. The van der Waals surface area contributed by atoms with Crippen LogP contribution < -0.4 is 10.6 Å². The van der Waals surface area contributed by atoms with Gasteiger partial charge in [-0.2, -0.15) is 13.2 Å². The maximum Gasteiger partial charge on any atom is 0.418 e. The van der Waals surface area contributed by atoms with Gasteiger partial charge in [-0.05, 0) is 30.8 Å². The van der Waals surface area contributed by atoms with Gasteiger partial charge in [0.25, 0.3) is 0 Å². The zero-order chi connectivity index (χ0) is 17.0. The first-order chi connectivity index (χ1) is 10.8. The number of anilines is 1. The summed E-state index contributed by atoms with van der Waals surface area (Å²) in [6.07, 6.45) is -4.62. The summed E-state index contributed by atoms with van der Waals surface area (Å²) >= 11 is 5.62. The number of carbonyl (C=O) groups excluding carboxylic acids is 1. The molecule has 2 aromatic rings. The molecule has 0 heterocycles. The van der Waals surface area contributed by atoms with Crippen LogP contribution in [0.5, 0.6) is 0 Å². The number of benzene rings is 2. The molecule has 2 rings (SSSR count). The van der Waals surface area contributed by atoms with E-state index >= 15 is 0 Å². The van der Waals surface area contributed by atoms with Crippen molar-refractivity contribution in [3.63, 3.8) is 0 Å². The van der Waals surface area contributed by atoms with Crippen LogP contribution in [0.3, 0.4) is 0 Å². The lowest BCUT2D eigenvalue weighted by Crippen LogP contribution is -2.31. The molecule has 23 heavy (non-hydrogen) atoms. The Kier molecular flexibility index (Phi) is 5.28. The van der Waals surface area contributed by atoms with E-state index < -0.39 is 23.7 Å². The molecular formula is C16H14ClF3N2O. The molecule has 3 nitrogen and oxygen atoms in total. The number of halogens is 4.